The van der Waals surface area contributed by atoms with Crippen LogP contribution in [0.2, 0.25) is 0 Å². The highest BCUT2D eigenvalue weighted by Gasteiger charge is 2.08. The molecule has 0 aliphatic carbocycles. The molecule has 18 heavy (non-hydrogen) atoms. The van der Waals surface area contributed by atoms with Crippen molar-refractivity contribution in [3.63, 3.8) is 0 Å². The molecule has 110 valence electrons. The lowest BCUT2D eigenvalue weighted by Crippen LogP contribution is -2.37. The molecular formula is C13H30N2OS2. The first-order chi connectivity index (χ1) is 8.93. The monoisotopic (exact) mass is 294 g/mol. The minimum atomic E-state index is 0.842. The summed E-state index contributed by atoms with van der Waals surface area (Å²) < 4.78 is 5.32. The smallest absolute Gasteiger partial charge is 0.0594 e. The second-order valence-electron chi connectivity index (χ2n) is 3.95. The van der Waals surface area contributed by atoms with E-state index in [-0.39, 0.29) is 0 Å². The fourth-order valence-corrected chi connectivity index (χ4v) is 3.77. The fraction of sp³-hybridized carbons (Fsp3) is 1.00. The van der Waals surface area contributed by atoms with Gasteiger partial charge >= 0.3 is 0 Å². The Bertz CT molecular complexity index is 156. The van der Waals surface area contributed by atoms with Gasteiger partial charge in [-0.05, 0) is 19.4 Å². The molecule has 0 atom stereocenters. The fourth-order valence-electron chi connectivity index (χ4n) is 1.59. The summed E-state index contributed by atoms with van der Waals surface area (Å²) in [6.45, 7) is 10.1. The number of ether oxygens (including phenoxy) is 1. The molecule has 0 aromatic rings. The lowest BCUT2D eigenvalue weighted by Gasteiger charge is -2.26. The maximum absolute atomic E-state index is 5.45. The molecule has 0 spiro atoms. The van der Waals surface area contributed by atoms with Crippen LogP contribution in [-0.4, -0.2) is 55.8 Å². The molecular weight excluding hydrogens is 264 g/mol. The van der Waals surface area contributed by atoms with Gasteiger partial charge in [0.05, 0.1) is 13.2 Å². The molecule has 1 fully saturated rings. The molecule has 1 rings (SSSR count). The predicted molar refractivity (Wildman–Crippen MR) is 86.4 cm³/mol. The molecule has 0 aromatic heterocycles. The topological polar surface area (TPSA) is 38.5 Å². The Labute approximate surface area is 121 Å². The zero-order valence-electron chi connectivity index (χ0n) is 12.0. The molecule has 0 aromatic carbocycles. The second-order valence-corrected chi connectivity index (χ2v) is 6.65. The summed E-state index contributed by atoms with van der Waals surface area (Å²) in [4.78, 5) is 2.49. The molecule has 0 bridgehead atoms. The van der Waals surface area contributed by atoms with E-state index in [1.807, 2.05) is 35.4 Å². The molecule has 1 saturated heterocycles. The molecule has 0 radical (unpaired) electrons. The van der Waals surface area contributed by atoms with E-state index in [2.05, 4.69) is 4.90 Å². The van der Waals surface area contributed by atoms with E-state index in [1.165, 1.54) is 37.3 Å². The largest absolute Gasteiger partial charge is 0.379 e. The highest BCUT2D eigenvalue weighted by atomic mass is 33.1. The summed E-state index contributed by atoms with van der Waals surface area (Å²) in [5.41, 5.74) is 5.45. The van der Waals surface area contributed by atoms with Crippen molar-refractivity contribution >= 4 is 21.6 Å². The van der Waals surface area contributed by atoms with E-state index < -0.39 is 0 Å². The first-order valence-electron chi connectivity index (χ1n) is 7.18. The van der Waals surface area contributed by atoms with Crippen LogP contribution in [0.15, 0.2) is 0 Å². The minimum absolute atomic E-state index is 0.842. The van der Waals surface area contributed by atoms with Crippen LogP contribution in [0.4, 0.5) is 0 Å². The van der Waals surface area contributed by atoms with Crippen LogP contribution in [-0.2, 0) is 4.74 Å². The summed E-state index contributed by atoms with van der Waals surface area (Å²) in [5.74, 6) is 2.51. The maximum atomic E-state index is 5.45. The first-order valence-corrected chi connectivity index (χ1v) is 9.67. The minimum Gasteiger partial charge on any atom is -0.379 e. The number of hydrogen-bond acceptors (Lipinski definition) is 5. The highest BCUT2D eigenvalue weighted by Crippen LogP contribution is 2.22. The van der Waals surface area contributed by atoms with E-state index in [9.17, 15) is 0 Å². The second kappa shape index (κ2) is 15.6. The van der Waals surface area contributed by atoms with Gasteiger partial charge in [-0.2, -0.15) is 0 Å². The van der Waals surface area contributed by atoms with Crippen LogP contribution in [0.5, 0.6) is 0 Å². The van der Waals surface area contributed by atoms with Gasteiger partial charge in [-0.3, -0.25) is 4.90 Å². The average Bonchev–Trinajstić information content (AvgIpc) is 2.45. The van der Waals surface area contributed by atoms with Crippen molar-refractivity contribution in [3.05, 3.63) is 0 Å². The quantitative estimate of drug-likeness (QED) is 0.523. The molecule has 1 aliphatic rings. The summed E-state index contributed by atoms with van der Waals surface area (Å²) in [6.07, 6.45) is 3.78. The van der Waals surface area contributed by atoms with E-state index in [4.69, 9.17) is 10.5 Å². The molecule has 1 aliphatic heterocycles. The number of unbranched alkanes of at least 4 members (excludes halogenated alkanes) is 2. The highest BCUT2D eigenvalue weighted by molar-refractivity contribution is 8.76. The van der Waals surface area contributed by atoms with Crippen molar-refractivity contribution < 1.29 is 4.74 Å². The van der Waals surface area contributed by atoms with Gasteiger partial charge in [0, 0.05) is 31.1 Å². The molecule has 3 nitrogen and oxygen atoms in total. The molecule has 0 saturated carbocycles. The number of hydrogen-bond donors (Lipinski definition) is 1. The van der Waals surface area contributed by atoms with Gasteiger partial charge in [0.25, 0.3) is 0 Å². The standard InChI is InChI=1S/C11H24N2OS2.C2H6/c12-4-2-1-3-10-15-16-11-7-13-5-8-14-9-6-13;1-2/h1-12H2;1-2H3. The van der Waals surface area contributed by atoms with Crippen LogP contribution in [0.25, 0.3) is 0 Å². The van der Waals surface area contributed by atoms with Crippen LogP contribution in [0, 0.1) is 0 Å². The van der Waals surface area contributed by atoms with Crippen molar-refractivity contribution in [2.75, 3.05) is 50.9 Å². The Morgan fingerprint density at radius 2 is 1.67 bits per heavy atom. The first kappa shape index (κ1) is 18.6. The zero-order chi connectivity index (χ0) is 13.5. The van der Waals surface area contributed by atoms with Crippen molar-refractivity contribution in [1.82, 2.24) is 4.90 Å². The lowest BCUT2D eigenvalue weighted by molar-refractivity contribution is 0.0410. The Kier molecular flexibility index (Phi) is 16.1. The van der Waals surface area contributed by atoms with E-state index in [0.29, 0.717) is 0 Å². The maximum Gasteiger partial charge on any atom is 0.0594 e. The molecule has 5 heteroatoms. The van der Waals surface area contributed by atoms with Gasteiger partial charge in [0.2, 0.25) is 0 Å². The number of nitrogens with two attached hydrogens (primary N) is 1. The zero-order valence-corrected chi connectivity index (χ0v) is 13.7. The Hall–Kier alpha value is 0.580. The molecule has 0 unspecified atom stereocenters. The normalized spacial score (nSPS) is 16.2. The van der Waals surface area contributed by atoms with Crippen LogP contribution < -0.4 is 5.73 Å². The summed E-state index contributed by atoms with van der Waals surface area (Å²) in [6, 6.07) is 0. The van der Waals surface area contributed by atoms with E-state index >= 15 is 0 Å². The van der Waals surface area contributed by atoms with Gasteiger partial charge in [-0.15, -0.1) is 0 Å². The number of nitrogens with zero attached hydrogens (tertiary/aromatic N) is 1. The molecule has 2 N–H and O–H groups in total. The van der Waals surface area contributed by atoms with Crippen molar-refractivity contribution in [3.8, 4) is 0 Å². The van der Waals surface area contributed by atoms with E-state index in [0.717, 1.165) is 32.8 Å². The predicted octanol–water partition coefficient (Wildman–Crippen LogP) is 2.86. The number of morpholine rings is 1. The van der Waals surface area contributed by atoms with Crippen molar-refractivity contribution in [1.29, 1.82) is 0 Å². The third-order valence-electron chi connectivity index (χ3n) is 2.61. The Morgan fingerprint density at radius 1 is 1.00 bits per heavy atom. The van der Waals surface area contributed by atoms with Gasteiger partial charge in [0.1, 0.15) is 0 Å². The van der Waals surface area contributed by atoms with Crippen LogP contribution in [0.1, 0.15) is 33.1 Å². The molecule has 0 amide bonds. The number of rotatable bonds is 9. The van der Waals surface area contributed by atoms with Gasteiger partial charge in [-0.25, -0.2) is 0 Å². The van der Waals surface area contributed by atoms with Crippen LogP contribution in [0.3, 0.4) is 0 Å². The summed E-state index contributed by atoms with van der Waals surface area (Å²) in [7, 11) is 4.02. The third-order valence-corrected chi connectivity index (χ3v) is 5.08. The Balaban J connectivity index is 0.00000137. The van der Waals surface area contributed by atoms with Crippen molar-refractivity contribution in [2.45, 2.75) is 33.1 Å². The van der Waals surface area contributed by atoms with Crippen LogP contribution >= 0.6 is 21.6 Å². The van der Waals surface area contributed by atoms with Gasteiger partial charge < -0.3 is 10.5 Å². The average molecular weight is 295 g/mol. The van der Waals surface area contributed by atoms with Gasteiger partial charge in [-0.1, -0.05) is 41.9 Å². The van der Waals surface area contributed by atoms with Crippen molar-refractivity contribution in [2.24, 2.45) is 5.73 Å². The third kappa shape index (κ3) is 11.7. The van der Waals surface area contributed by atoms with E-state index in [1.54, 1.807) is 0 Å². The Morgan fingerprint density at radius 3 is 2.33 bits per heavy atom. The summed E-state index contributed by atoms with van der Waals surface area (Å²) >= 11 is 0. The lowest BCUT2D eigenvalue weighted by atomic mass is 10.2. The summed E-state index contributed by atoms with van der Waals surface area (Å²) in [5, 5.41) is 0. The SMILES string of the molecule is CC.NCCCCCSSCCN1CCOCC1. The van der Waals surface area contributed by atoms with Gasteiger partial charge in [0.15, 0.2) is 0 Å². The molecule has 1 heterocycles.